The van der Waals surface area contributed by atoms with Gasteiger partial charge in [0.2, 0.25) is 0 Å². The molecule has 2 heterocycles. The second-order valence-electron chi connectivity index (χ2n) is 4.86. The standard InChI is InChI=1S/C16H13N5/c1-21-13-10-6-5-9-12(13)14(20-21)16-17-15(18-19-16)11-7-3-2-4-8-11/h2-10H,1H3,(H,17,18,19). The third kappa shape index (κ3) is 1.90. The van der Waals surface area contributed by atoms with E-state index in [1.807, 2.05) is 66.3 Å². The maximum Gasteiger partial charge on any atom is 0.181 e. The molecule has 0 fully saturated rings. The number of rotatable bonds is 2. The molecule has 0 saturated carbocycles. The van der Waals surface area contributed by atoms with Gasteiger partial charge in [-0.2, -0.15) is 10.2 Å². The van der Waals surface area contributed by atoms with Gasteiger partial charge in [-0.05, 0) is 6.07 Å². The second-order valence-corrected chi connectivity index (χ2v) is 4.86. The smallest absolute Gasteiger partial charge is 0.181 e. The van der Waals surface area contributed by atoms with E-state index in [2.05, 4.69) is 20.3 Å². The predicted molar refractivity (Wildman–Crippen MR) is 81.5 cm³/mol. The Balaban J connectivity index is 1.85. The highest BCUT2D eigenvalue weighted by Gasteiger charge is 2.14. The molecule has 0 spiro atoms. The van der Waals surface area contributed by atoms with Crippen LogP contribution in [0.3, 0.4) is 0 Å². The lowest BCUT2D eigenvalue weighted by Crippen LogP contribution is -1.90. The molecule has 4 rings (SSSR count). The van der Waals surface area contributed by atoms with E-state index < -0.39 is 0 Å². The molecule has 21 heavy (non-hydrogen) atoms. The molecule has 0 bridgehead atoms. The van der Waals surface area contributed by atoms with Gasteiger partial charge in [-0.25, -0.2) is 4.98 Å². The normalized spacial score (nSPS) is 11.1. The third-order valence-corrected chi connectivity index (χ3v) is 3.50. The van der Waals surface area contributed by atoms with Crippen molar-refractivity contribution in [2.24, 2.45) is 7.05 Å². The number of aryl methyl sites for hydroxylation is 1. The van der Waals surface area contributed by atoms with Crippen LogP contribution in [0.2, 0.25) is 0 Å². The van der Waals surface area contributed by atoms with Crippen molar-refractivity contribution < 1.29 is 0 Å². The maximum absolute atomic E-state index is 4.57. The molecule has 4 aromatic rings. The minimum Gasteiger partial charge on any atom is -0.267 e. The molecule has 0 aliphatic rings. The molecule has 0 amide bonds. The van der Waals surface area contributed by atoms with Gasteiger partial charge in [-0.1, -0.05) is 48.5 Å². The lowest BCUT2D eigenvalue weighted by atomic mass is 10.2. The van der Waals surface area contributed by atoms with Crippen LogP contribution < -0.4 is 0 Å². The van der Waals surface area contributed by atoms with Crippen molar-refractivity contribution in [1.82, 2.24) is 25.0 Å². The summed E-state index contributed by atoms with van der Waals surface area (Å²) >= 11 is 0. The second kappa shape index (κ2) is 4.56. The summed E-state index contributed by atoms with van der Waals surface area (Å²) in [4.78, 5) is 4.57. The summed E-state index contributed by atoms with van der Waals surface area (Å²) in [6, 6.07) is 18.0. The predicted octanol–water partition coefficient (Wildman–Crippen LogP) is 3.03. The van der Waals surface area contributed by atoms with Crippen molar-refractivity contribution in [3.05, 3.63) is 54.6 Å². The number of para-hydroxylation sites is 1. The molecule has 0 atom stereocenters. The van der Waals surface area contributed by atoms with E-state index in [1.54, 1.807) is 0 Å². The van der Waals surface area contributed by atoms with Crippen LogP contribution in [0.25, 0.3) is 33.8 Å². The Morgan fingerprint density at radius 3 is 2.57 bits per heavy atom. The Morgan fingerprint density at radius 1 is 0.952 bits per heavy atom. The van der Waals surface area contributed by atoms with Crippen molar-refractivity contribution in [2.75, 3.05) is 0 Å². The van der Waals surface area contributed by atoms with Crippen molar-refractivity contribution in [3.63, 3.8) is 0 Å². The van der Waals surface area contributed by atoms with Crippen molar-refractivity contribution in [1.29, 1.82) is 0 Å². The Labute approximate surface area is 121 Å². The molecule has 0 unspecified atom stereocenters. The minimum absolute atomic E-state index is 0.681. The van der Waals surface area contributed by atoms with E-state index in [1.165, 1.54) is 0 Å². The molecule has 0 radical (unpaired) electrons. The Bertz CT molecular complexity index is 905. The quantitative estimate of drug-likeness (QED) is 0.611. The summed E-state index contributed by atoms with van der Waals surface area (Å²) in [5.74, 6) is 1.37. The molecule has 5 nitrogen and oxygen atoms in total. The summed E-state index contributed by atoms with van der Waals surface area (Å²) in [7, 11) is 1.93. The van der Waals surface area contributed by atoms with Crippen LogP contribution in [-0.2, 0) is 7.05 Å². The van der Waals surface area contributed by atoms with E-state index in [0.717, 1.165) is 22.2 Å². The maximum atomic E-state index is 4.57. The number of H-pyrrole nitrogens is 1. The van der Waals surface area contributed by atoms with Crippen LogP contribution in [0, 0.1) is 0 Å². The Kier molecular flexibility index (Phi) is 2.57. The molecule has 102 valence electrons. The number of benzene rings is 2. The molecule has 1 N–H and O–H groups in total. The highest BCUT2D eigenvalue weighted by atomic mass is 15.3. The molecule has 0 aliphatic heterocycles. The number of aromatic nitrogens is 5. The van der Waals surface area contributed by atoms with Crippen LogP contribution in [0.15, 0.2) is 54.6 Å². The zero-order chi connectivity index (χ0) is 14.2. The van der Waals surface area contributed by atoms with Crippen LogP contribution in [0.4, 0.5) is 0 Å². The SMILES string of the molecule is Cn1nc(-c2nc(-c3ccccc3)n[nH]2)c2ccccc21. The van der Waals surface area contributed by atoms with Gasteiger partial charge in [-0.3, -0.25) is 9.78 Å². The van der Waals surface area contributed by atoms with Gasteiger partial charge in [-0.15, -0.1) is 0 Å². The molecule has 2 aromatic heterocycles. The van der Waals surface area contributed by atoms with Gasteiger partial charge >= 0.3 is 0 Å². The first-order valence-electron chi connectivity index (χ1n) is 6.73. The number of aromatic amines is 1. The molecular weight excluding hydrogens is 262 g/mol. The van der Waals surface area contributed by atoms with Crippen LogP contribution in [0.1, 0.15) is 0 Å². The van der Waals surface area contributed by atoms with Crippen LogP contribution >= 0.6 is 0 Å². The fourth-order valence-electron chi connectivity index (χ4n) is 2.47. The summed E-state index contributed by atoms with van der Waals surface area (Å²) in [6.45, 7) is 0. The van der Waals surface area contributed by atoms with Crippen molar-refractivity contribution >= 4 is 10.9 Å². The highest BCUT2D eigenvalue weighted by molar-refractivity contribution is 5.91. The molecule has 5 heteroatoms. The van der Waals surface area contributed by atoms with Gasteiger partial charge in [0.25, 0.3) is 0 Å². The summed E-state index contributed by atoms with van der Waals surface area (Å²) < 4.78 is 1.86. The molecule has 2 aromatic carbocycles. The molecule has 0 aliphatic carbocycles. The van der Waals surface area contributed by atoms with E-state index in [0.29, 0.717) is 11.6 Å². The first-order chi connectivity index (χ1) is 10.3. The summed E-state index contributed by atoms with van der Waals surface area (Å²) in [6.07, 6.45) is 0. The fourth-order valence-corrected chi connectivity index (χ4v) is 2.47. The average molecular weight is 275 g/mol. The zero-order valence-electron chi connectivity index (χ0n) is 11.5. The first kappa shape index (κ1) is 11.8. The highest BCUT2D eigenvalue weighted by Crippen LogP contribution is 2.26. The topological polar surface area (TPSA) is 59.4 Å². The average Bonchev–Trinajstić information content (AvgIpc) is 3.14. The van der Waals surface area contributed by atoms with Crippen molar-refractivity contribution in [3.8, 4) is 22.9 Å². The lowest BCUT2D eigenvalue weighted by molar-refractivity contribution is 0.798. The fraction of sp³-hybridized carbons (Fsp3) is 0.0625. The van der Waals surface area contributed by atoms with E-state index in [-0.39, 0.29) is 0 Å². The van der Waals surface area contributed by atoms with Gasteiger partial charge in [0.05, 0.1) is 5.52 Å². The number of fused-ring (bicyclic) bond motifs is 1. The monoisotopic (exact) mass is 275 g/mol. The van der Waals surface area contributed by atoms with E-state index in [4.69, 9.17) is 0 Å². The largest absolute Gasteiger partial charge is 0.267 e. The number of hydrogen-bond donors (Lipinski definition) is 1. The third-order valence-electron chi connectivity index (χ3n) is 3.50. The Morgan fingerprint density at radius 2 is 1.71 bits per heavy atom. The number of nitrogens with zero attached hydrogens (tertiary/aromatic N) is 4. The van der Waals surface area contributed by atoms with Gasteiger partial charge < -0.3 is 0 Å². The van der Waals surface area contributed by atoms with Crippen LogP contribution in [-0.4, -0.2) is 25.0 Å². The zero-order valence-corrected chi connectivity index (χ0v) is 11.5. The van der Waals surface area contributed by atoms with Crippen LogP contribution in [0.5, 0.6) is 0 Å². The number of hydrogen-bond acceptors (Lipinski definition) is 3. The minimum atomic E-state index is 0.681. The summed E-state index contributed by atoms with van der Waals surface area (Å²) in [5.41, 5.74) is 2.88. The first-order valence-corrected chi connectivity index (χ1v) is 6.73. The van der Waals surface area contributed by atoms with Gasteiger partial charge in [0.15, 0.2) is 11.6 Å². The molecule has 0 saturated heterocycles. The summed E-state index contributed by atoms with van der Waals surface area (Å²) in [5, 5.41) is 12.9. The van der Waals surface area contributed by atoms with E-state index >= 15 is 0 Å². The van der Waals surface area contributed by atoms with E-state index in [9.17, 15) is 0 Å². The lowest BCUT2D eigenvalue weighted by Gasteiger charge is -1.92. The Hall–Kier alpha value is -2.95. The number of nitrogens with one attached hydrogen (secondary N) is 1. The molecular formula is C16H13N5. The van der Waals surface area contributed by atoms with Gasteiger partial charge in [0, 0.05) is 18.0 Å². The van der Waals surface area contributed by atoms with Gasteiger partial charge in [0.1, 0.15) is 5.69 Å². The van der Waals surface area contributed by atoms with Crippen molar-refractivity contribution in [2.45, 2.75) is 0 Å².